The summed E-state index contributed by atoms with van der Waals surface area (Å²) in [6, 6.07) is 1.95. The summed E-state index contributed by atoms with van der Waals surface area (Å²) in [7, 11) is 1.99. The lowest BCUT2D eigenvalue weighted by atomic mass is 10.4. The van der Waals surface area contributed by atoms with E-state index in [1.807, 2.05) is 24.6 Å². The summed E-state index contributed by atoms with van der Waals surface area (Å²) in [6.07, 6.45) is 3.53. The summed E-state index contributed by atoms with van der Waals surface area (Å²) in [5.74, 6) is 0.889. The number of imidazole rings is 1. The van der Waals surface area contributed by atoms with Crippen LogP contribution in [0, 0.1) is 6.92 Å². The van der Waals surface area contributed by atoms with Crippen LogP contribution in [0.25, 0.3) is 21.7 Å². The molecule has 3 aromatic rings. The highest BCUT2D eigenvalue weighted by Gasteiger charge is 2.15. The van der Waals surface area contributed by atoms with Gasteiger partial charge in [-0.15, -0.1) is 0 Å². The maximum atomic E-state index is 5.72. The summed E-state index contributed by atoms with van der Waals surface area (Å²) >= 11 is 1.46. The Hall–Kier alpha value is -1.95. The van der Waals surface area contributed by atoms with E-state index in [0.29, 0.717) is 5.13 Å². The van der Waals surface area contributed by atoms with E-state index >= 15 is 0 Å². The van der Waals surface area contributed by atoms with E-state index in [4.69, 9.17) is 5.73 Å². The van der Waals surface area contributed by atoms with Crippen molar-refractivity contribution in [1.29, 1.82) is 0 Å². The topological polar surface area (TPSA) is 69.6 Å². The second kappa shape index (κ2) is 3.53. The van der Waals surface area contributed by atoms with Gasteiger partial charge in [-0.1, -0.05) is 11.3 Å². The molecule has 0 saturated heterocycles. The normalized spacial score (nSPS) is 11.2. The number of nitrogen functional groups attached to an aromatic ring is 1. The lowest BCUT2D eigenvalue weighted by Gasteiger charge is -1.99. The van der Waals surface area contributed by atoms with Crippen molar-refractivity contribution in [2.24, 2.45) is 7.05 Å². The van der Waals surface area contributed by atoms with Gasteiger partial charge in [-0.05, 0) is 13.0 Å². The Labute approximate surface area is 102 Å². The smallest absolute Gasteiger partial charge is 0.180 e. The summed E-state index contributed by atoms with van der Waals surface area (Å²) in [6.45, 7) is 1.94. The van der Waals surface area contributed by atoms with Crippen molar-refractivity contribution >= 4 is 27.5 Å². The van der Waals surface area contributed by atoms with Crippen LogP contribution in [0.4, 0.5) is 5.13 Å². The molecule has 0 radical (unpaired) electrons. The van der Waals surface area contributed by atoms with Crippen LogP contribution in [-0.2, 0) is 7.05 Å². The van der Waals surface area contributed by atoms with Crippen LogP contribution in [0.2, 0.25) is 0 Å². The van der Waals surface area contributed by atoms with E-state index in [2.05, 4.69) is 15.0 Å². The molecular weight excluding hydrogens is 234 g/mol. The molecule has 0 amide bonds. The Balaban J connectivity index is 2.31. The minimum absolute atomic E-state index is 0.572. The van der Waals surface area contributed by atoms with Crippen LogP contribution in [0.1, 0.15) is 5.69 Å². The van der Waals surface area contributed by atoms with Gasteiger partial charge in [-0.2, -0.15) is 0 Å². The summed E-state index contributed by atoms with van der Waals surface area (Å²) < 4.78 is 2.04. The van der Waals surface area contributed by atoms with Gasteiger partial charge >= 0.3 is 0 Å². The van der Waals surface area contributed by atoms with E-state index in [1.54, 1.807) is 12.4 Å². The van der Waals surface area contributed by atoms with Gasteiger partial charge in [-0.25, -0.2) is 9.97 Å². The molecule has 0 aliphatic rings. The number of aromatic nitrogens is 4. The number of fused-ring (bicyclic) bond motifs is 1. The van der Waals surface area contributed by atoms with Crippen LogP contribution in [0.3, 0.4) is 0 Å². The van der Waals surface area contributed by atoms with Crippen LogP contribution < -0.4 is 5.73 Å². The van der Waals surface area contributed by atoms with Gasteiger partial charge in [0.1, 0.15) is 5.52 Å². The van der Waals surface area contributed by atoms with Crippen molar-refractivity contribution in [3.05, 3.63) is 24.2 Å². The number of hydrogen-bond acceptors (Lipinski definition) is 5. The van der Waals surface area contributed by atoms with Crippen LogP contribution in [-0.4, -0.2) is 19.5 Å². The van der Waals surface area contributed by atoms with Crippen molar-refractivity contribution in [3.8, 4) is 10.7 Å². The number of pyridine rings is 1. The summed E-state index contributed by atoms with van der Waals surface area (Å²) in [5, 5.41) is 0.572. The van der Waals surface area contributed by atoms with Crippen molar-refractivity contribution in [2.45, 2.75) is 6.92 Å². The monoisotopic (exact) mass is 245 g/mol. The fraction of sp³-hybridized carbons (Fsp3) is 0.182. The third kappa shape index (κ3) is 1.49. The van der Waals surface area contributed by atoms with Gasteiger partial charge in [0.2, 0.25) is 0 Å². The molecule has 2 N–H and O–H groups in total. The molecule has 0 saturated carbocycles. The summed E-state index contributed by atoms with van der Waals surface area (Å²) in [4.78, 5) is 13.9. The molecule has 6 heteroatoms. The Morgan fingerprint density at radius 1 is 1.35 bits per heavy atom. The predicted molar refractivity (Wildman–Crippen MR) is 68.8 cm³/mol. The molecule has 86 valence electrons. The lowest BCUT2D eigenvalue weighted by Crippen LogP contribution is -1.92. The number of rotatable bonds is 1. The number of thiazole rings is 1. The standard InChI is InChI=1S/C11H11N5S/c1-6-9(17-11(12)14-6)10-15-7-5-13-4-3-8(7)16(10)2/h3-5H,1-2H3,(H2,12,14). The largest absolute Gasteiger partial charge is 0.375 e. The van der Waals surface area contributed by atoms with Gasteiger partial charge < -0.3 is 10.3 Å². The summed E-state index contributed by atoms with van der Waals surface area (Å²) in [5.41, 5.74) is 8.58. The molecule has 3 rings (SSSR count). The Bertz CT molecular complexity index is 697. The highest BCUT2D eigenvalue weighted by atomic mass is 32.1. The first kappa shape index (κ1) is 10.2. The van der Waals surface area contributed by atoms with Crippen LogP contribution in [0.5, 0.6) is 0 Å². The maximum Gasteiger partial charge on any atom is 0.180 e. The van der Waals surface area contributed by atoms with Gasteiger partial charge in [0.05, 0.1) is 22.3 Å². The molecule has 5 nitrogen and oxygen atoms in total. The predicted octanol–water partition coefficient (Wildman–Crippen LogP) is 1.98. The zero-order valence-corrected chi connectivity index (χ0v) is 10.3. The zero-order chi connectivity index (χ0) is 12.0. The number of nitrogens with two attached hydrogens (primary N) is 1. The number of anilines is 1. The average molecular weight is 245 g/mol. The second-order valence-electron chi connectivity index (χ2n) is 3.83. The zero-order valence-electron chi connectivity index (χ0n) is 9.51. The number of nitrogens with zero attached hydrogens (tertiary/aromatic N) is 4. The first-order valence-electron chi connectivity index (χ1n) is 5.16. The van der Waals surface area contributed by atoms with E-state index in [1.165, 1.54) is 11.3 Å². The van der Waals surface area contributed by atoms with Crippen LogP contribution in [0.15, 0.2) is 18.5 Å². The van der Waals surface area contributed by atoms with Gasteiger partial charge in [-0.3, -0.25) is 4.98 Å². The molecular formula is C11H11N5S. The van der Waals surface area contributed by atoms with E-state index in [-0.39, 0.29) is 0 Å². The third-order valence-corrected chi connectivity index (χ3v) is 3.68. The van der Waals surface area contributed by atoms with E-state index in [9.17, 15) is 0 Å². The van der Waals surface area contributed by atoms with Crippen LogP contribution >= 0.6 is 11.3 Å². The maximum absolute atomic E-state index is 5.72. The van der Waals surface area contributed by atoms with Crippen molar-refractivity contribution in [1.82, 2.24) is 19.5 Å². The van der Waals surface area contributed by atoms with Crippen molar-refractivity contribution in [3.63, 3.8) is 0 Å². The molecule has 0 bridgehead atoms. The minimum Gasteiger partial charge on any atom is -0.375 e. The first-order valence-corrected chi connectivity index (χ1v) is 5.98. The molecule has 0 atom stereocenters. The van der Waals surface area contributed by atoms with Gasteiger partial charge in [0.25, 0.3) is 0 Å². The molecule has 3 aromatic heterocycles. The van der Waals surface area contributed by atoms with Gasteiger partial charge in [0, 0.05) is 13.2 Å². The van der Waals surface area contributed by atoms with Gasteiger partial charge in [0.15, 0.2) is 11.0 Å². The third-order valence-electron chi connectivity index (χ3n) is 2.70. The SMILES string of the molecule is Cc1nc(N)sc1-c1nc2cnccc2n1C. The first-order chi connectivity index (χ1) is 8.16. The second-order valence-corrected chi connectivity index (χ2v) is 4.86. The highest BCUT2D eigenvalue weighted by Crippen LogP contribution is 2.31. The quantitative estimate of drug-likeness (QED) is 0.711. The Morgan fingerprint density at radius 2 is 2.18 bits per heavy atom. The van der Waals surface area contributed by atoms with E-state index < -0.39 is 0 Å². The molecule has 17 heavy (non-hydrogen) atoms. The lowest BCUT2D eigenvalue weighted by molar-refractivity contribution is 0.959. The minimum atomic E-state index is 0.572. The molecule has 0 spiro atoms. The molecule has 0 aliphatic carbocycles. The van der Waals surface area contributed by atoms with Crippen molar-refractivity contribution in [2.75, 3.05) is 5.73 Å². The average Bonchev–Trinajstić information content (AvgIpc) is 2.80. The number of aryl methyl sites for hydroxylation is 2. The molecule has 0 aromatic carbocycles. The van der Waals surface area contributed by atoms with Crippen molar-refractivity contribution < 1.29 is 0 Å². The molecule has 3 heterocycles. The Morgan fingerprint density at radius 3 is 2.82 bits per heavy atom. The fourth-order valence-corrected chi connectivity index (χ4v) is 2.74. The molecule has 0 unspecified atom stereocenters. The molecule has 0 fully saturated rings. The highest BCUT2D eigenvalue weighted by molar-refractivity contribution is 7.18. The fourth-order valence-electron chi connectivity index (χ4n) is 1.88. The van der Waals surface area contributed by atoms with E-state index in [0.717, 1.165) is 27.4 Å². The molecule has 0 aliphatic heterocycles. The Kier molecular flexibility index (Phi) is 2.12. The number of hydrogen-bond donors (Lipinski definition) is 1.